The molecule has 176 valence electrons. The van der Waals surface area contributed by atoms with Crippen LogP contribution in [-0.2, 0) is 14.8 Å². The lowest BCUT2D eigenvalue weighted by Crippen LogP contribution is -2.44. The van der Waals surface area contributed by atoms with Gasteiger partial charge in [0.15, 0.2) is 0 Å². The molecular formula is C21H31N5O5S. The molecule has 2 aliphatic rings. The third-order valence-electron chi connectivity index (χ3n) is 6.58. The molecule has 1 saturated heterocycles. The number of nitrogens with zero attached hydrogens (tertiary/aromatic N) is 4. The SMILES string of the molecule is COCCS(=O)(=O)N1CCC(Nc2ncc3ccc(=O)n(C4CCCC4(C)O)c3n2)CC1. The van der Waals surface area contributed by atoms with Crippen molar-refractivity contribution in [2.75, 3.05) is 37.9 Å². The molecule has 1 saturated carbocycles. The van der Waals surface area contributed by atoms with Gasteiger partial charge in [-0.25, -0.2) is 17.7 Å². The minimum absolute atomic E-state index is 0.0160. The highest BCUT2D eigenvalue weighted by atomic mass is 32.2. The first-order valence-electron chi connectivity index (χ1n) is 11.1. The van der Waals surface area contributed by atoms with Crippen LogP contribution in [0.1, 0.15) is 45.1 Å². The first-order chi connectivity index (χ1) is 15.2. The first-order valence-corrected chi connectivity index (χ1v) is 12.7. The number of aliphatic hydroxyl groups is 1. The number of aromatic nitrogens is 3. The Morgan fingerprint density at radius 2 is 2.03 bits per heavy atom. The molecule has 2 aromatic heterocycles. The lowest BCUT2D eigenvalue weighted by Gasteiger charge is -2.31. The van der Waals surface area contributed by atoms with E-state index in [1.807, 2.05) is 0 Å². The van der Waals surface area contributed by atoms with E-state index in [1.165, 1.54) is 17.5 Å². The summed E-state index contributed by atoms with van der Waals surface area (Å²) in [5.74, 6) is 0.382. The second-order valence-corrected chi connectivity index (χ2v) is 11.0. The zero-order chi connectivity index (χ0) is 22.9. The minimum Gasteiger partial charge on any atom is -0.388 e. The van der Waals surface area contributed by atoms with Crippen LogP contribution in [0.4, 0.5) is 5.95 Å². The van der Waals surface area contributed by atoms with Crippen molar-refractivity contribution in [2.24, 2.45) is 0 Å². The molecule has 32 heavy (non-hydrogen) atoms. The molecule has 0 spiro atoms. The summed E-state index contributed by atoms with van der Waals surface area (Å²) < 4.78 is 32.7. The van der Waals surface area contributed by atoms with E-state index in [2.05, 4.69) is 15.3 Å². The summed E-state index contributed by atoms with van der Waals surface area (Å²) >= 11 is 0. The number of methoxy groups -OCH3 is 1. The second kappa shape index (κ2) is 9.05. The van der Waals surface area contributed by atoms with Crippen LogP contribution in [0.15, 0.2) is 23.1 Å². The van der Waals surface area contributed by atoms with E-state index in [0.29, 0.717) is 43.9 Å². The predicted octanol–water partition coefficient (Wildman–Crippen LogP) is 1.12. The van der Waals surface area contributed by atoms with Crippen molar-refractivity contribution in [1.82, 2.24) is 18.8 Å². The molecule has 1 aliphatic carbocycles. The summed E-state index contributed by atoms with van der Waals surface area (Å²) in [4.78, 5) is 21.7. The summed E-state index contributed by atoms with van der Waals surface area (Å²) in [6, 6.07) is 2.89. The maximum absolute atomic E-state index is 12.7. The van der Waals surface area contributed by atoms with E-state index in [1.54, 1.807) is 23.8 Å². The number of anilines is 1. The van der Waals surface area contributed by atoms with Crippen LogP contribution in [0.5, 0.6) is 0 Å². The molecule has 11 heteroatoms. The molecule has 10 nitrogen and oxygen atoms in total. The van der Waals surface area contributed by atoms with Crippen LogP contribution in [-0.4, -0.2) is 76.6 Å². The van der Waals surface area contributed by atoms with Gasteiger partial charge in [-0.15, -0.1) is 0 Å². The molecular weight excluding hydrogens is 434 g/mol. The Kier molecular flexibility index (Phi) is 6.53. The fourth-order valence-electron chi connectivity index (χ4n) is 4.73. The molecule has 0 amide bonds. The van der Waals surface area contributed by atoms with Crippen LogP contribution in [0.2, 0.25) is 0 Å². The van der Waals surface area contributed by atoms with E-state index < -0.39 is 15.6 Å². The molecule has 2 unspecified atom stereocenters. The standard InChI is InChI=1S/C21H31N5O5S/c1-21(28)9-3-4-17(21)26-18(27)6-5-15-14-22-20(24-19(15)26)23-16-7-10-25(11-8-16)32(29,30)13-12-31-2/h5-6,14,16-17,28H,3-4,7-13H2,1-2H3,(H,22,23,24). The molecule has 2 aromatic rings. The summed E-state index contributed by atoms with van der Waals surface area (Å²) in [5.41, 5.74) is -0.650. The molecule has 0 radical (unpaired) electrons. The van der Waals surface area contributed by atoms with E-state index in [9.17, 15) is 18.3 Å². The number of sulfonamides is 1. The minimum atomic E-state index is -3.31. The van der Waals surface area contributed by atoms with Gasteiger partial charge >= 0.3 is 0 Å². The number of nitrogens with one attached hydrogen (secondary N) is 1. The van der Waals surface area contributed by atoms with Crippen molar-refractivity contribution < 1.29 is 18.3 Å². The van der Waals surface area contributed by atoms with Gasteiger partial charge in [0.1, 0.15) is 5.65 Å². The molecule has 3 heterocycles. The summed E-state index contributed by atoms with van der Waals surface area (Å²) in [5, 5.41) is 14.8. The van der Waals surface area contributed by atoms with E-state index in [4.69, 9.17) is 4.74 Å². The van der Waals surface area contributed by atoms with Crippen LogP contribution < -0.4 is 10.9 Å². The van der Waals surface area contributed by atoms with Gasteiger partial charge in [0, 0.05) is 43.9 Å². The smallest absolute Gasteiger partial charge is 0.252 e. The molecule has 2 fully saturated rings. The van der Waals surface area contributed by atoms with Gasteiger partial charge in [0.2, 0.25) is 16.0 Å². The predicted molar refractivity (Wildman–Crippen MR) is 121 cm³/mol. The fraction of sp³-hybridized carbons (Fsp3) is 0.667. The quantitative estimate of drug-likeness (QED) is 0.623. The molecule has 2 N–H and O–H groups in total. The number of piperidine rings is 1. The Labute approximate surface area is 187 Å². The van der Waals surface area contributed by atoms with Crippen LogP contribution >= 0.6 is 0 Å². The molecule has 4 rings (SSSR count). The lowest BCUT2D eigenvalue weighted by atomic mass is 10.00. The number of hydrogen-bond donors (Lipinski definition) is 2. The van der Waals surface area contributed by atoms with Crippen LogP contribution in [0, 0.1) is 0 Å². The van der Waals surface area contributed by atoms with Gasteiger partial charge in [-0.2, -0.15) is 4.98 Å². The van der Waals surface area contributed by atoms with Crippen molar-refractivity contribution in [2.45, 2.75) is 56.7 Å². The Balaban J connectivity index is 1.52. The van der Waals surface area contributed by atoms with E-state index >= 15 is 0 Å². The Hall–Kier alpha value is -2.08. The van der Waals surface area contributed by atoms with Gasteiger partial charge in [0.05, 0.1) is 24.0 Å². The topological polar surface area (TPSA) is 127 Å². The average Bonchev–Trinajstić information content (AvgIpc) is 3.11. The maximum Gasteiger partial charge on any atom is 0.252 e. The van der Waals surface area contributed by atoms with Crippen molar-refractivity contribution in [1.29, 1.82) is 0 Å². The van der Waals surface area contributed by atoms with Gasteiger partial charge in [-0.05, 0) is 45.1 Å². The Morgan fingerprint density at radius 3 is 2.69 bits per heavy atom. The number of hydrogen-bond acceptors (Lipinski definition) is 8. The van der Waals surface area contributed by atoms with Gasteiger partial charge < -0.3 is 15.2 Å². The van der Waals surface area contributed by atoms with Gasteiger partial charge in [-0.3, -0.25) is 9.36 Å². The summed E-state index contributed by atoms with van der Waals surface area (Å²) in [6.07, 6.45) is 5.15. The Bertz CT molecular complexity index is 1130. The van der Waals surface area contributed by atoms with Crippen LogP contribution in [0.3, 0.4) is 0 Å². The third-order valence-corrected chi connectivity index (χ3v) is 8.42. The second-order valence-electron chi connectivity index (χ2n) is 8.91. The van der Waals surface area contributed by atoms with Crippen molar-refractivity contribution in [3.05, 3.63) is 28.7 Å². The zero-order valence-electron chi connectivity index (χ0n) is 18.5. The van der Waals surface area contributed by atoms with Crippen molar-refractivity contribution >= 4 is 27.0 Å². The summed E-state index contributed by atoms with van der Waals surface area (Å²) in [6.45, 7) is 2.80. The molecule has 0 bridgehead atoms. The number of fused-ring (bicyclic) bond motifs is 1. The normalized spacial score (nSPS) is 25.4. The lowest BCUT2D eigenvalue weighted by molar-refractivity contribution is 0.0267. The molecule has 2 atom stereocenters. The maximum atomic E-state index is 12.7. The zero-order valence-corrected chi connectivity index (χ0v) is 19.3. The Morgan fingerprint density at radius 1 is 1.28 bits per heavy atom. The fourth-order valence-corrected chi connectivity index (χ4v) is 6.13. The molecule has 0 aromatic carbocycles. The number of ether oxygens (including phenoxy) is 1. The molecule has 1 aliphatic heterocycles. The average molecular weight is 466 g/mol. The number of pyridine rings is 1. The highest BCUT2D eigenvalue weighted by Crippen LogP contribution is 2.39. The largest absolute Gasteiger partial charge is 0.388 e. The van der Waals surface area contributed by atoms with Gasteiger partial charge in [-0.1, -0.05) is 0 Å². The van der Waals surface area contributed by atoms with Crippen molar-refractivity contribution in [3.63, 3.8) is 0 Å². The van der Waals surface area contributed by atoms with Gasteiger partial charge in [0.25, 0.3) is 5.56 Å². The monoisotopic (exact) mass is 465 g/mol. The first kappa shape index (κ1) is 23.1. The van der Waals surface area contributed by atoms with Crippen molar-refractivity contribution in [3.8, 4) is 0 Å². The third kappa shape index (κ3) is 4.66. The summed E-state index contributed by atoms with van der Waals surface area (Å²) in [7, 11) is -1.83. The van der Waals surface area contributed by atoms with Crippen LogP contribution in [0.25, 0.3) is 11.0 Å². The van der Waals surface area contributed by atoms with E-state index in [-0.39, 0.29) is 30.0 Å². The highest BCUT2D eigenvalue weighted by molar-refractivity contribution is 7.89. The number of rotatable bonds is 7. The van der Waals surface area contributed by atoms with E-state index in [0.717, 1.165) is 18.2 Å². The highest BCUT2D eigenvalue weighted by Gasteiger charge is 2.39.